The molecule has 6 heteroatoms. The average Bonchev–Trinajstić information content (AvgIpc) is 2.64. The molecule has 4 amide bonds. The van der Waals surface area contributed by atoms with Gasteiger partial charge in [0.15, 0.2) is 0 Å². The lowest BCUT2D eigenvalue weighted by Crippen LogP contribution is -2.34. The van der Waals surface area contributed by atoms with E-state index in [1.807, 2.05) is 27.7 Å². The third-order valence-corrected chi connectivity index (χ3v) is 3.01. The Kier molecular flexibility index (Phi) is 14.1. The highest BCUT2D eigenvalue weighted by Crippen LogP contribution is 2.11. The molecule has 0 unspecified atom stereocenters. The van der Waals surface area contributed by atoms with Crippen molar-refractivity contribution in [3.05, 3.63) is 48.5 Å². The highest BCUT2D eigenvalue weighted by molar-refractivity contribution is 5.82. The number of carbonyl (C=O) groups is 2. The van der Waals surface area contributed by atoms with Crippen molar-refractivity contribution in [3.8, 4) is 0 Å². The molecule has 6 nitrogen and oxygen atoms in total. The summed E-state index contributed by atoms with van der Waals surface area (Å²) in [5.74, 6) is 0. The van der Waals surface area contributed by atoms with E-state index in [0.29, 0.717) is 26.2 Å². The van der Waals surface area contributed by atoms with Crippen LogP contribution < -0.4 is 21.3 Å². The molecule has 144 valence electrons. The van der Waals surface area contributed by atoms with Crippen LogP contribution in [0.25, 0.3) is 10.8 Å². The van der Waals surface area contributed by atoms with Gasteiger partial charge in [-0.2, -0.15) is 0 Å². The molecule has 0 saturated heterocycles. The molecule has 2 rings (SSSR count). The molecule has 0 spiro atoms. The average molecular weight is 361 g/mol. The van der Waals surface area contributed by atoms with Crippen LogP contribution in [0.5, 0.6) is 0 Å². The quantitative estimate of drug-likeness (QED) is 0.673. The third-order valence-electron chi connectivity index (χ3n) is 3.01. The van der Waals surface area contributed by atoms with Crippen molar-refractivity contribution in [2.75, 3.05) is 26.2 Å². The number of fused-ring (bicyclic) bond motifs is 1. The summed E-state index contributed by atoms with van der Waals surface area (Å²) in [5, 5.41) is 13.0. The molecule has 0 atom stereocenters. The summed E-state index contributed by atoms with van der Waals surface area (Å²) in [7, 11) is 0. The minimum absolute atomic E-state index is 0.0880. The van der Waals surface area contributed by atoms with Gasteiger partial charge in [0.25, 0.3) is 0 Å². The molecule has 2 aromatic rings. The van der Waals surface area contributed by atoms with Crippen LogP contribution >= 0.6 is 0 Å². The van der Waals surface area contributed by atoms with E-state index in [0.717, 1.165) is 0 Å². The fraction of sp³-hybridized carbons (Fsp3) is 0.400. The van der Waals surface area contributed by atoms with Gasteiger partial charge in [-0.15, -0.1) is 0 Å². The molecule has 2 aromatic carbocycles. The Labute approximate surface area is 156 Å². The summed E-state index contributed by atoms with van der Waals surface area (Å²) in [4.78, 5) is 20.8. The highest BCUT2D eigenvalue weighted by atomic mass is 16.2. The van der Waals surface area contributed by atoms with Crippen molar-refractivity contribution in [3.63, 3.8) is 0 Å². The van der Waals surface area contributed by atoms with Gasteiger partial charge in [0.05, 0.1) is 0 Å². The number of hydrogen-bond donors (Lipinski definition) is 4. The van der Waals surface area contributed by atoms with Crippen molar-refractivity contribution in [2.24, 2.45) is 0 Å². The van der Waals surface area contributed by atoms with Gasteiger partial charge >= 0.3 is 12.1 Å². The van der Waals surface area contributed by atoms with Gasteiger partial charge < -0.3 is 21.3 Å². The number of urea groups is 2. The van der Waals surface area contributed by atoms with Gasteiger partial charge in [0.1, 0.15) is 0 Å². The van der Waals surface area contributed by atoms with E-state index in [1.54, 1.807) is 0 Å². The SMILES string of the molecule is CCNC(=O)NCC.CCNC(=O)NCC.c1ccc2ccccc2c1. The Morgan fingerprint density at radius 1 is 0.577 bits per heavy atom. The molecule has 0 aliphatic heterocycles. The Hall–Kier alpha value is -2.76. The third kappa shape index (κ3) is 11.7. The van der Waals surface area contributed by atoms with Crippen LogP contribution in [0.1, 0.15) is 27.7 Å². The second-order valence-electron chi connectivity index (χ2n) is 5.13. The van der Waals surface area contributed by atoms with E-state index in [4.69, 9.17) is 0 Å². The fourth-order valence-corrected chi connectivity index (χ4v) is 1.90. The number of hydrogen-bond acceptors (Lipinski definition) is 2. The Morgan fingerprint density at radius 3 is 1.00 bits per heavy atom. The molecule has 0 heterocycles. The summed E-state index contributed by atoms with van der Waals surface area (Å²) < 4.78 is 0. The standard InChI is InChI=1S/C10H8.2C5H12N2O/c1-2-6-10-8-4-3-7-9(10)5-1;2*1-3-6-5(8)7-4-2/h1-8H;2*3-4H2,1-2H3,(H2,6,7,8). The predicted octanol–water partition coefficient (Wildman–Crippen LogP) is 3.49. The van der Waals surface area contributed by atoms with Gasteiger partial charge in [-0.25, -0.2) is 9.59 Å². The highest BCUT2D eigenvalue weighted by Gasteiger charge is 1.90. The van der Waals surface area contributed by atoms with Crippen molar-refractivity contribution < 1.29 is 9.59 Å². The molecule has 26 heavy (non-hydrogen) atoms. The molecular formula is C20H32N4O2. The van der Waals surface area contributed by atoms with Crippen molar-refractivity contribution in [1.29, 1.82) is 0 Å². The molecular weight excluding hydrogens is 328 g/mol. The van der Waals surface area contributed by atoms with Crippen LogP contribution in [-0.2, 0) is 0 Å². The van der Waals surface area contributed by atoms with E-state index in [-0.39, 0.29) is 12.1 Å². The van der Waals surface area contributed by atoms with E-state index in [9.17, 15) is 9.59 Å². The molecule has 0 radical (unpaired) electrons. The maximum atomic E-state index is 10.4. The van der Waals surface area contributed by atoms with Crippen LogP contribution in [0.15, 0.2) is 48.5 Å². The van der Waals surface area contributed by atoms with Crippen molar-refractivity contribution >= 4 is 22.8 Å². The van der Waals surface area contributed by atoms with Crippen LogP contribution in [0.2, 0.25) is 0 Å². The lowest BCUT2D eigenvalue weighted by molar-refractivity contribution is 0.241. The van der Waals surface area contributed by atoms with E-state index >= 15 is 0 Å². The predicted molar refractivity (Wildman–Crippen MR) is 109 cm³/mol. The lowest BCUT2D eigenvalue weighted by Gasteiger charge is -1.99. The number of carbonyl (C=O) groups excluding carboxylic acids is 2. The lowest BCUT2D eigenvalue weighted by atomic mass is 10.1. The second-order valence-corrected chi connectivity index (χ2v) is 5.13. The van der Waals surface area contributed by atoms with Crippen LogP contribution in [-0.4, -0.2) is 38.2 Å². The maximum Gasteiger partial charge on any atom is 0.314 e. The summed E-state index contributed by atoms with van der Waals surface area (Å²) in [6.45, 7) is 10.3. The minimum Gasteiger partial charge on any atom is -0.338 e. The largest absolute Gasteiger partial charge is 0.338 e. The molecule has 0 bridgehead atoms. The Morgan fingerprint density at radius 2 is 0.808 bits per heavy atom. The zero-order valence-electron chi connectivity index (χ0n) is 16.3. The second kappa shape index (κ2) is 15.7. The molecule has 0 saturated carbocycles. The number of nitrogens with one attached hydrogen (secondary N) is 4. The van der Waals surface area contributed by atoms with Gasteiger partial charge in [0, 0.05) is 26.2 Å². The number of amides is 4. The molecule has 0 aromatic heterocycles. The molecule has 0 aliphatic carbocycles. The topological polar surface area (TPSA) is 82.3 Å². The van der Waals surface area contributed by atoms with Gasteiger partial charge in [-0.3, -0.25) is 0 Å². The van der Waals surface area contributed by atoms with Crippen molar-refractivity contribution in [1.82, 2.24) is 21.3 Å². The maximum absolute atomic E-state index is 10.4. The van der Waals surface area contributed by atoms with Gasteiger partial charge in [0.2, 0.25) is 0 Å². The minimum atomic E-state index is -0.0880. The number of rotatable bonds is 4. The number of benzene rings is 2. The normalized spacial score (nSPS) is 8.92. The zero-order chi connectivity index (χ0) is 19.6. The van der Waals surface area contributed by atoms with Gasteiger partial charge in [-0.1, -0.05) is 48.5 Å². The Balaban J connectivity index is 0.000000366. The van der Waals surface area contributed by atoms with Crippen LogP contribution in [0.3, 0.4) is 0 Å². The summed E-state index contributed by atoms with van der Waals surface area (Å²) >= 11 is 0. The first-order valence-corrected chi connectivity index (χ1v) is 9.06. The molecule has 0 fully saturated rings. The first kappa shape index (κ1) is 23.2. The summed E-state index contributed by atoms with van der Waals surface area (Å²) in [6.07, 6.45) is 0. The summed E-state index contributed by atoms with van der Waals surface area (Å²) in [6, 6.07) is 16.5. The zero-order valence-corrected chi connectivity index (χ0v) is 16.3. The summed E-state index contributed by atoms with van der Waals surface area (Å²) in [5.41, 5.74) is 0. The monoisotopic (exact) mass is 360 g/mol. The van der Waals surface area contributed by atoms with E-state index < -0.39 is 0 Å². The molecule has 0 aliphatic rings. The van der Waals surface area contributed by atoms with E-state index in [2.05, 4.69) is 69.8 Å². The fourth-order valence-electron chi connectivity index (χ4n) is 1.90. The first-order chi connectivity index (χ1) is 12.6. The van der Waals surface area contributed by atoms with E-state index in [1.165, 1.54) is 10.8 Å². The van der Waals surface area contributed by atoms with Crippen LogP contribution in [0, 0.1) is 0 Å². The van der Waals surface area contributed by atoms with Gasteiger partial charge in [-0.05, 0) is 38.5 Å². The molecule has 4 N–H and O–H groups in total. The van der Waals surface area contributed by atoms with Crippen LogP contribution in [0.4, 0.5) is 9.59 Å². The Bertz CT molecular complexity index is 530. The first-order valence-electron chi connectivity index (χ1n) is 9.06. The smallest absolute Gasteiger partial charge is 0.314 e. The van der Waals surface area contributed by atoms with Crippen molar-refractivity contribution in [2.45, 2.75) is 27.7 Å².